The zero-order valence-electron chi connectivity index (χ0n) is 15.2. The molecule has 6 heteroatoms. The SMILES string of the molecule is C[C@H]1CC[C@@H](C(N)=O)CN1C(=O)COc1ccc2oc3ccccc3c2c1. The predicted octanol–water partition coefficient (Wildman–Crippen LogP) is 3.08. The van der Waals surface area contributed by atoms with Crippen LogP contribution in [0.3, 0.4) is 0 Å². The Morgan fingerprint density at radius 1 is 1.15 bits per heavy atom. The molecule has 2 amide bonds. The number of amides is 2. The lowest BCUT2D eigenvalue weighted by Gasteiger charge is -2.36. The number of hydrogen-bond acceptors (Lipinski definition) is 4. The van der Waals surface area contributed by atoms with Crippen LogP contribution in [0.1, 0.15) is 19.8 Å². The first-order valence-corrected chi connectivity index (χ1v) is 9.16. The molecule has 0 saturated carbocycles. The van der Waals surface area contributed by atoms with Gasteiger partial charge in [-0.3, -0.25) is 9.59 Å². The molecule has 2 N–H and O–H groups in total. The Hall–Kier alpha value is -3.02. The summed E-state index contributed by atoms with van der Waals surface area (Å²) in [6.45, 7) is 2.28. The van der Waals surface area contributed by atoms with Gasteiger partial charge < -0.3 is 19.8 Å². The van der Waals surface area contributed by atoms with Gasteiger partial charge in [0.05, 0.1) is 5.92 Å². The van der Waals surface area contributed by atoms with E-state index >= 15 is 0 Å². The molecule has 2 heterocycles. The average molecular weight is 366 g/mol. The number of piperidine rings is 1. The average Bonchev–Trinajstić information content (AvgIpc) is 3.04. The molecule has 6 nitrogen and oxygen atoms in total. The van der Waals surface area contributed by atoms with E-state index in [1.807, 2.05) is 43.3 Å². The summed E-state index contributed by atoms with van der Waals surface area (Å²) in [4.78, 5) is 25.8. The van der Waals surface area contributed by atoms with Gasteiger partial charge in [0.25, 0.3) is 5.91 Å². The summed E-state index contributed by atoms with van der Waals surface area (Å²) in [5.41, 5.74) is 7.01. The molecule has 140 valence electrons. The second-order valence-electron chi connectivity index (χ2n) is 7.12. The van der Waals surface area contributed by atoms with Gasteiger partial charge in [0, 0.05) is 23.4 Å². The number of nitrogens with zero attached hydrogens (tertiary/aromatic N) is 1. The topological polar surface area (TPSA) is 85.8 Å². The number of rotatable bonds is 4. The number of fused-ring (bicyclic) bond motifs is 3. The maximum atomic E-state index is 12.6. The number of benzene rings is 2. The fourth-order valence-electron chi connectivity index (χ4n) is 3.71. The molecular formula is C21H22N2O4. The van der Waals surface area contributed by atoms with E-state index in [-0.39, 0.29) is 30.4 Å². The molecule has 1 aliphatic heterocycles. The predicted molar refractivity (Wildman–Crippen MR) is 102 cm³/mol. The zero-order chi connectivity index (χ0) is 19.0. The summed E-state index contributed by atoms with van der Waals surface area (Å²) in [6.07, 6.45) is 1.50. The summed E-state index contributed by atoms with van der Waals surface area (Å²) in [5.74, 6) is -0.152. The maximum absolute atomic E-state index is 12.6. The zero-order valence-corrected chi connectivity index (χ0v) is 15.2. The highest BCUT2D eigenvalue weighted by Gasteiger charge is 2.31. The van der Waals surface area contributed by atoms with E-state index < -0.39 is 0 Å². The minimum absolute atomic E-state index is 0.0723. The van der Waals surface area contributed by atoms with Crippen molar-refractivity contribution in [2.45, 2.75) is 25.8 Å². The van der Waals surface area contributed by atoms with Crippen LogP contribution < -0.4 is 10.5 Å². The largest absolute Gasteiger partial charge is 0.484 e. The highest BCUT2D eigenvalue weighted by atomic mass is 16.5. The van der Waals surface area contributed by atoms with Gasteiger partial charge in [-0.2, -0.15) is 0 Å². The number of carbonyl (C=O) groups is 2. The Morgan fingerprint density at radius 3 is 2.74 bits per heavy atom. The number of para-hydroxylation sites is 1. The van der Waals surface area contributed by atoms with Gasteiger partial charge in [-0.15, -0.1) is 0 Å². The van der Waals surface area contributed by atoms with Crippen molar-refractivity contribution < 1.29 is 18.7 Å². The summed E-state index contributed by atoms with van der Waals surface area (Å²) in [5, 5.41) is 1.97. The molecule has 1 aliphatic rings. The maximum Gasteiger partial charge on any atom is 0.260 e. The monoisotopic (exact) mass is 366 g/mol. The van der Waals surface area contributed by atoms with Gasteiger partial charge in [0.15, 0.2) is 6.61 Å². The number of nitrogens with two attached hydrogens (primary N) is 1. The van der Waals surface area contributed by atoms with Crippen molar-refractivity contribution in [3.05, 3.63) is 42.5 Å². The Morgan fingerprint density at radius 2 is 1.93 bits per heavy atom. The molecule has 3 aromatic rings. The van der Waals surface area contributed by atoms with E-state index in [1.165, 1.54) is 0 Å². The number of carbonyl (C=O) groups excluding carboxylic acids is 2. The molecule has 2 atom stereocenters. The Kier molecular flexibility index (Phi) is 4.48. The molecule has 0 radical (unpaired) electrons. The van der Waals surface area contributed by atoms with Gasteiger partial charge >= 0.3 is 0 Å². The van der Waals surface area contributed by atoms with Crippen LogP contribution in [0.2, 0.25) is 0 Å². The summed E-state index contributed by atoms with van der Waals surface area (Å²) >= 11 is 0. The van der Waals surface area contributed by atoms with E-state index in [2.05, 4.69) is 0 Å². The molecule has 1 aromatic heterocycles. The summed E-state index contributed by atoms with van der Waals surface area (Å²) < 4.78 is 11.5. The molecule has 2 aromatic carbocycles. The number of hydrogen-bond donors (Lipinski definition) is 1. The third-order valence-corrected chi connectivity index (χ3v) is 5.32. The first kappa shape index (κ1) is 17.4. The van der Waals surface area contributed by atoms with Gasteiger partial charge in [-0.25, -0.2) is 0 Å². The Bertz CT molecular complexity index is 1010. The highest BCUT2D eigenvalue weighted by Crippen LogP contribution is 2.31. The smallest absolute Gasteiger partial charge is 0.260 e. The third kappa shape index (κ3) is 3.35. The lowest BCUT2D eigenvalue weighted by molar-refractivity contribution is -0.139. The van der Waals surface area contributed by atoms with Gasteiger partial charge in [0.2, 0.25) is 5.91 Å². The van der Waals surface area contributed by atoms with Crippen molar-refractivity contribution in [3.8, 4) is 5.75 Å². The van der Waals surface area contributed by atoms with Crippen molar-refractivity contribution in [3.63, 3.8) is 0 Å². The van der Waals surface area contributed by atoms with Crippen LogP contribution >= 0.6 is 0 Å². The quantitative estimate of drug-likeness (QED) is 0.769. The van der Waals surface area contributed by atoms with Gasteiger partial charge in [0.1, 0.15) is 16.9 Å². The van der Waals surface area contributed by atoms with Crippen LogP contribution in [0.25, 0.3) is 21.9 Å². The Balaban J connectivity index is 1.48. The van der Waals surface area contributed by atoms with Crippen LogP contribution in [0.5, 0.6) is 5.75 Å². The van der Waals surface area contributed by atoms with E-state index in [9.17, 15) is 9.59 Å². The van der Waals surface area contributed by atoms with Crippen molar-refractivity contribution in [2.24, 2.45) is 11.7 Å². The van der Waals surface area contributed by atoms with E-state index in [0.29, 0.717) is 12.3 Å². The standard InChI is InChI=1S/C21H22N2O4/c1-13-6-7-14(21(22)25)11-23(13)20(24)12-26-15-8-9-19-17(10-15)16-4-2-3-5-18(16)27-19/h2-5,8-10,13-14H,6-7,11-12H2,1H3,(H2,22,25)/t13-,14+/m0/s1. The van der Waals surface area contributed by atoms with Crippen LogP contribution in [0.15, 0.2) is 46.9 Å². The van der Waals surface area contributed by atoms with Gasteiger partial charge in [-0.1, -0.05) is 18.2 Å². The fraction of sp³-hybridized carbons (Fsp3) is 0.333. The van der Waals surface area contributed by atoms with E-state index in [0.717, 1.165) is 34.8 Å². The second kappa shape index (κ2) is 6.95. The highest BCUT2D eigenvalue weighted by molar-refractivity contribution is 6.05. The number of primary amides is 1. The number of likely N-dealkylation sites (tertiary alicyclic amines) is 1. The fourth-order valence-corrected chi connectivity index (χ4v) is 3.71. The van der Waals surface area contributed by atoms with Crippen LogP contribution in [0.4, 0.5) is 0 Å². The van der Waals surface area contributed by atoms with Gasteiger partial charge in [-0.05, 0) is 44.0 Å². The minimum Gasteiger partial charge on any atom is -0.484 e. The molecule has 27 heavy (non-hydrogen) atoms. The molecule has 0 aliphatic carbocycles. The summed E-state index contributed by atoms with van der Waals surface area (Å²) in [6, 6.07) is 13.4. The van der Waals surface area contributed by atoms with E-state index in [4.69, 9.17) is 14.9 Å². The molecule has 0 spiro atoms. The van der Waals surface area contributed by atoms with Crippen LogP contribution in [-0.4, -0.2) is 35.9 Å². The minimum atomic E-state index is -0.349. The second-order valence-corrected chi connectivity index (χ2v) is 7.12. The first-order chi connectivity index (χ1) is 13.0. The molecule has 4 rings (SSSR count). The van der Waals surface area contributed by atoms with Crippen molar-refractivity contribution in [1.82, 2.24) is 4.90 Å². The lowest BCUT2D eigenvalue weighted by atomic mass is 9.93. The summed E-state index contributed by atoms with van der Waals surface area (Å²) in [7, 11) is 0. The van der Waals surface area contributed by atoms with Crippen molar-refractivity contribution in [1.29, 1.82) is 0 Å². The number of ether oxygens (including phenoxy) is 1. The normalized spacial score (nSPS) is 20.1. The molecule has 1 fully saturated rings. The third-order valence-electron chi connectivity index (χ3n) is 5.32. The van der Waals surface area contributed by atoms with E-state index in [1.54, 1.807) is 11.0 Å². The molecular weight excluding hydrogens is 344 g/mol. The van der Waals surface area contributed by atoms with Crippen LogP contribution in [-0.2, 0) is 9.59 Å². The molecule has 1 saturated heterocycles. The van der Waals surface area contributed by atoms with Crippen LogP contribution in [0, 0.1) is 5.92 Å². The Labute approximate surface area is 156 Å². The van der Waals surface area contributed by atoms with Crippen molar-refractivity contribution >= 4 is 33.8 Å². The molecule has 0 bridgehead atoms. The first-order valence-electron chi connectivity index (χ1n) is 9.16. The number of furan rings is 1. The molecule has 0 unspecified atom stereocenters. The lowest BCUT2D eigenvalue weighted by Crippen LogP contribution is -2.50. The van der Waals surface area contributed by atoms with Crippen molar-refractivity contribution in [2.75, 3.05) is 13.2 Å².